The Labute approximate surface area is 94.7 Å². The number of nitrogens with one attached hydrogen (secondary N) is 1. The van der Waals surface area contributed by atoms with Crippen LogP contribution in [0.15, 0.2) is 12.4 Å². The quantitative estimate of drug-likeness (QED) is 0.790. The van der Waals surface area contributed by atoms with Gasteiger partial charge in [-0.2, -0.15) is 0 Å². The highest BCUT2D eigenvalue weighted by Gasteiger charge is 2.16. The lowest BCUT2D eigenvalue weighted by atomic mass is 10.2. The Hall–Kier alpha value is -0.870. The molecule has 2 heterocycles. The standard InChI is InChI=1S/C10H15ClN4/c1-15(6-8-3-2-4-12-8)10-5-9(11)13-7-14-10/h5,7-8,12H,2-4,6H2,1H3/t8-/m1/s1. The lowest BCUT2D eigenvalue weighted by Gasteiger charge is -2.21. The molecule has 5 heteroatoms. The first kappa shape index (κ1) is 10.6. The van der Waals surface area contributed by atoms with Gasteiger partial charge in [0.1, 0.15) is 17.3 Å². The SMILES string of the molecule is CN(C[C@H]1CCCN1)c1cc(Cl)ncn1. The first-order valence-corrected chi connectivity index (χ1v) is 5.55. The molecule has 1 saturated heterocycles. The van der Waals surface area contributed by atoms with E-state index in [1.807, 2.05) is 7.05 Å². The Kier molecular flexibility index (Phi) is 3.38. The van der Waals surface area contributed by atoms with Crippen molar-refractivity contribution in [3.05, 3.63) is 17.5 Å². The van der Waals surface area contributed by atoms with Gasteiger partial charge in [-0.25, -0.2) is 9.97 Å². The Morgan fingerprint density at radius 3 is 3.13 bits per heavy atom. The van der Waals surface area contributed by atoms with Gasteiger partial charge in [0, 0.05) is 25.7 Å². The average molecular weight is 227 g/mol. The van der Waals surface area contributed by atoms with Gasteiger partial charge in [0.25, 0.3) is 0 Å². The summed E-state index contributed by atoms with van der Waals surface area (Å²) in [5, 5.41) is 3.95. The number of nitrogens with zero attached hydrogens (tertiary/aromatic N) is 3. The number of aromatic nitrogens is 2. The highest BCUT2D eigenvalue weighted by Crippen LogP contribution is 2.14. The largest absolute Gasteiger partial charge is 0.358 e. The molecule has 0 bridgehead atoms. The first-order valence-electron chi connectivity index (χ1n) is 5.18. The topological polar surface area (TPSA) is 41.0 Å². The Bertz CT molecular complexity index is 325. The van der Waals surface area contributed by atoms with Crippen LogP contribution in [-0.2, 0) is 0 Å². The summed E-state index contributed by atoms with van der Waals surface area (Å²) in [6, 6.07) is 2.36. The zero-order valence-corrected chi connectivity index (χ0v) is 9.54. The molecule has 1 N–H and O–H groups in total. The first-order chi connectivity index (χ1) is 7.25. The number of halogens is 1. The third kappa shape index (κ3) is 2.79. The molecule has 0 aromatic carbocycles. The predicted molar refractivity (Wildman–Crippen MR) is 61.3 cm³/mol. The summed E-state index contributed by atoms with van der Waals surface area (Å²) >= 11 is 5.81. The van der Waals surface area contributed by atoms with Gasteiger partial charge in [-0.3, -0.25) is 0 Å². The van der Waals surface area contributed by atoms with E-state index in [1.165, 1.54) is 19.2 Å². The minimum atomic E-state index is 0.492. The maximum Gasteiger partial charge on any atom is 0.134 e. The van der Waals surface area contributed by atoms with E-state index in [-0.39, 0.29) is 0 Å². The molecule has 1 aromatic heterocycles. The van der Waals surface area contributed by atoms with Crippen LogP contribution in [0.1, 0.15) is 12.8 Å². The Morgan fingerprint density at radius 1 is 1.60 bits per heavy atom. The Morgan fingerprint density at radius 2 is 2.47 bits per heavy atom. The van der Waals surface area contributed by atoms with Crippen molar-refractivity contribution in [3.8, 4) is 0 Å². The maximum atomic E-state index is 5.81. The van der Waals surface area contributed by atoms with Gasteiger partial charge in [0.2, 0.25) is 0 Å². The van der Waals surface area contributed by atoms with E-state index in [0.717, 1.165) is 18.9 Å². The molecule has 0 spiro atoms. The molecule has 1 aliphatic rings. The number of hydrogen-bond donors (Lipinski definition) is 1. The molecular weight excluding hydrogens is 212 g/mol. The van der Waals surface area contributed by atoms with Crippen LogP contribution in [-0.4, -0.2) is 36.1 Å². The van der Waals surface area contributed by atoms with Crippen molar-refractivity contribution in [2.75, 3.05) is 25.0 Å². The third-order valence-corrected chi connectivity index (χ3v) is 2.87. The lowest BCUT2D eigenvalue weighted by Crippen LogP contribution is -2.35. The smallest absolute Gasteiger partial charge is 0.134 e. The number of rotatable bonds is 3. The van der Waals surface area contributed by atoms with Crippen molar-refractivity contribution >= 4 is 17.4 Å². The van der Waals surface area contributed by atoms with E-state index in [4.69, 9.17) is 11.6 Å². The molecule has 0 saturated carbocycles. The molecule has 1 fully saturated rings. The van der Waals surface area contributed by atoms with E-state index < -0.39 is 0 Å². The molecule has 4 nitrogen and oxygen atoms in total. The van der Waals surface area contributed by atoms with Crippen LogP contribution < -0.4 is 10.2 Å². The number of likely N-dealkylation sites (N-methyl/N-ethyl adjacent to an activating group) is 1. The molecule has 0 amide bonds. The maximum absolute atomic E-state index is 5.81. The molecule has 1 aliphatic heterocycles. The second-order valence-corrected chi connectivity index (χ2v) is 4.26. The van der Waals surface area contributed by atoms with Crippen molar-refractivity contribution < 1.29 is 0 Å². The zero-order chi connectivity index (χ0) is 10.7. The highest BCUT2D eigenvalue weighted by molar-refractivity contribution is 6.29. The minimum absolute atomic E-state index is 0.492. The van der Waals surface area contributed by atoms with Gasteiger partial charge in [0.15, 0.2) is 0 Å². The van der Waals surface area contributed by atoms with E-state index in [0.29, 0.717) is 11.2 Å². The van der Waals surface area contributed by atoms with Crippen molar-refractivity contribution in [2.45, 2.75) is 18.9 Å². The summed E-state index contributed by atoms with van der Waals surface area (Å²) in [4.78, 5) is 10.2. The monoisotopic (exact) mass is 226 g/mol. The summed E-state index contributed by atoms with van der Waals surface area (Å²) in [6.45, 7) is 2.09. The summed E-state index contributed by atoms with van der Waals surface area (Å²) in [7, 11) is 2.03. The Balaban J connectivity index is 1.97. The molecule has 0 unspecified atom stereocenters. The molecule has 15 heavy (non-hydrogen) atoms. The van der Waals surface area contributed by atoms with E-state index >= 15 is 0 Å². The fourth-order valence-electron chi connectivity index (χ4n) is 1.87. The molecule has 2 rings (SSSR count). The second-order valence-electron chi connectivity index (χ2n) is 3.87. The van der Waals surface area contributed by atoms with Crippen LogP contribution >= 0.6 is 11.6 Å². The molecular formula is C10H15ClN4. The van der Waals surface area contributed by atoms with Gasteiger partial charge >= 0.3 is 0 Å². The van der Waals surface area contributed by atoms with Gasteiger partial charge in [-0.15, -0.1) is 0 Å². The molecule has 1 atom stereocenters. The van der Waals surface area contributed by atoms with Gasteiger partial charge in [-0.05, 0) is 19.4 Å². The van der Waals surface area contributed by atoms with Crippen molar-refractivity contribution in [2.24, 2.45) is 0 Å². The van der Waals surface area contributed by atoms with Crippen LogP contribution in [0.5, 0.6) is 0 Å². The van der Waals surface area contributed by atoms with Crippen LogP contribution in [0, 0.1) is 0 Å². The zero-order valence-electron chi connectivity index (χ0n) is 8.78. The van der Waals surface area contributed by atoms with Crippen molar-refractivity contribution in [1.82, 2.24) is 15.3 Å². The van der Waals surface area contributed by atoms with E-state index in [2.05, 4.69) is 20.2 Å². The second kappa shape index (κ2) is 4.77. The fourth-order valence-corrected chi connectivity index (χ4v) is 2.01. The van der Waals surface area contributed by atoms with E-state index in [9.17, 15) is 0 Å². The molecule has 1 aromatic rings. The molecule has 0 aliphatic carbocycles. The molecule has 0 radical (unpaired) electrons. The van der Waals surface area contributed by atoms with Crippen molar-refractivity contribution in [1.29, 1.82) is 0 Å². The highest BCUT2D eigenvalue weighted by atomic mass is 35.5. The normalized spacial score (nSPS) is 20.5. The van der Waals surface area contributed by atoms with Crippen LogP contribution in [0.4, 0.5) is 5.82 Å². The van der Waals surface area contributed by atoms with Gasteiger partial charge in [0.05, 0.1) is 0 Å². The number of anilines is 1. The van der Waals surface area contributed by atoms with Gasteiger partial charge < -0.3 is 10.2 Å². The predicted octanol–water partition coefficient (Wildman–Crippen LogP) is 1.32. The fraction of sp³-hybridized carbons (Fsp3) is 0.600. The lowest BCUT2D eigenvalue weighted by molar-refractivity contribution is 0.597. The summed E-state index contributed by atoms with van der Waals surface area (Å²) in [5.41, 5.74) is 0. The summed E-state index contributed by atoms with van der Waals surface area (Å²) in [5.74, 6) is 0.878. The van der Waals surface area contributed by atoms with Crippen LogP contribution in [0.3, 0.4) is 0 Å². The average Bonchev–Trinajstić information content (AvgIpc) is 2.70. The van der Waals surface area contributed by atoms with E-state index in [1.54, 1.807) is 6.07 Å². The minimum Gasteiger partial charge on any atom is -0.358 e. The van der Waals surface area contributed by atoms with Crippen LogP contribution in [0.25, 0.3) is 0 Å². The number of hydrogen-bond acceptors (Lipinski definition) is 4. The summed E-state index contributed by atoms with van der Waals surface area (Å²) < 4.78 is 0. The van der Waals surface area contributed by atoms with Crippen LogP contribution in [0.2, 0.25) is 5.15 Å². The van der Waals surface area contributed by atoms with Gasteiger partial charge in [-0.1, -0.05) is 11.6 Å². The summed E-state index contributed by atoms with van der Waals surface area (Å²) in [6.07, 6.45) is 4.00. The van der Waals surface area contributed by atoms with Crippen molar-refractivity contribution in [3.63, 3.8) is 0 Å². The third-order valence-electron chi connectivity index (χ3n) is 2.67. The molecule has 82 valence electrons.